The molecular formula is C42H71N. The maximum absolute atomic E-state index is 3.96. The number of hydrogen-bond donors (Lipinski definition) is 1. The molecule has 0 atom stereocenters. The number of nitrogens with one attached hydrogen (secondary N) is 1. The van der Waals surface area contributed by atoms with Crippen molar-refractivity contribution >= 4 is 11.4 Å². The van der Waals surface area contributed by atoms with Crippen molar-refractivity contribution in [2.24, 2.45) is 0 Å². The second-order valence-electron chi connectivity index (χ2n) is 13.4. The quantitative estimate of drug-likeness (QED) is 0.0931. The monoisotopic (exact) mass is 590 g/mol. The lowest BCUT2D eigenvalue weighted by molar-refractivity contribution is 0.571. The number of para-hydroxylation sites is 1. The van der Waals surface area contributed by atoms with E-state index in [2.05, 4.69) is 68.6 Å². The molecule has 1 heteroatoms. The van der Waals surface area contributed by atoms with Gasteiger partial charge in [-0.3, -0.25) is 0 Å². The first-order valence-electron chi connectivity index (χ1n) is 19.3. The molecule has 43 heavy (non-hydrogen) atoms. The van der Waals surface area contributed by atoms with Gasteiger partial charge < -0.3 is 5.32 Å². The molecule has 0 amide bonds. The molecule has 0 heterocycles. The van der Waals surface area contributed by atoms with Crippen molar-refractivity contribution in [3.8, 4) is 0 Å². The van der Waals surface area contributed by atoms with E-state index >= 15 is 0 Å². The molecule has 0 aliphatic heterocycles. The van der Waals surface area contributed by atoms with E-state index in [0.29, 0.717) is 0 Å². The fraction of sp³-hybridized carbons (Fsp3) is 0.714. The van der Waals surface area contributed by atoms with Gasteiger partial charge >= 0.3 is 0 Å². The molecule has 1 nitrogen and oxygen atoms in total. The molecule has 2 aromatic rings. The Labute approximate surface area is 269 Å². The molecule has 0 bridgehead atoms. The summed E-state index contributed by atoms with van der Waals surface area (Å²) in [6.07, 6.45) is 36.9. The van der Waals surface area contributed by atoms with Gasteiger partial charge in [0.25, 0.3) is 0 Å². The van der Waals surface area contributed by atoms with E-state index in [-0.39, 0.29) is 0 Å². The molecule has 0 radical (unpaired) electrons. The largest absolute Gasteiger partial charge is 0.355 e. The summed E-state index contributed by atoms with van der Waals surface area (Å²) < 4.78 is 0. The Morgan fingerprint density at radius 3 is 1.23 bits per heavy atom. The molecule has 2 rings (SSSR count). The minimum absolute atomic E-state index is 1.18. The average molecular weight is 590 g/mol. The van der Waals surface area contributed by atoms with Crippen LogP contribution in [0.15, 0.2) is 42.5 Å². The summed E-state index contributed by atoms with van der Waals surface area (Å²) in [5.74, 6) is 0. The van der Waals surface area contributed by atoms with Crippen LogP contribution in [0.3, 0.4) is 0 Å². The number of hydrogen-bond acceptors (Lipinski definition) is 1. The summed E-state index contributed by atoms with van der Waals surface area (Å²) in [5, 5.41) is 3.96. The zero-order chi connectivity index (χ0) is 30.6. The van der Waals surface area contributed by atoms with Crippen molar-refractivity contribution in [3.63, 3.8) is 0 Å². The molecule has 0 fully saturated rings. The number of rotatable bonds is 29. The molecule has 0 aromatic heterocycles. The summed E-state index contributed by atoms with van der Waals surface area (Å²) in [6, 6.07) is 16.2. The molecule has 0 saturated carbocycles. The molecule has 1 N–H and O–H groups in total. The van der Waals surface area contributed by atoms with Crippen molar-refractivity contribution in [3.05, 3.63) is 59.2 Å². The minimum Gasteiger partial charge on any atom is -0.355 e. The third-order valence-electron chi connectivity index (χ3n) is 9.44. The Bertz CT molecular complexity index is 900. The van der Waals surface area contributed by atoms with Crippen molar-refractivity contribution in [1.82, 2.24) is 0 Å². The van der Waals surface area contributed by atoms with E-state index in [9.17, 15) is 0 Å². The predicted molar refractivity (Wildman–Crippen MR) is 195 cm³/mol. The van der Waals surface area contributed by atoms with Crippen LogP contribution >= 0.6 is 0 Å². The Hall–Kier alpha value is -1.76. The minimum atomic E-state index is 1.18. The smallest absolute Gasteiger partial charge is 0.0419 e. The third-order valence-corrected chi connectivity index (χ3v) is 9.44. The first kappa shape index (κ1) is 37.4. The van der Waals surface area contributed by atoms with E-state index in [4.69, 9.17) is 0 Å². The predicted octanol–water partition coefficient (Wildman–Crippen LogP) is 14.5. The van der Waals surface area contributed by atoms with Crippen LogP contribution in [0.5, 0.6) is 0 Å². The Morgan fingerprint density at radius 1 is 0.349 bits per heavy atom. The van der Waals surface area contributed by atoms with Crippen molar-refractivity contribution < 1.29 is 0 Å². The lowest BCUT2D eigenvalue weighted by Crippen LogP contribution is -2.04. The zero-order valence-electron chi connectivity index (χ0n) is 29.1. The summed E-state index contributed by atoms with van der Waals surface area (Å²) in [6.45, 7) is 6.92. The molecular weight excluding hydrogens is 518 g/mol. The van der Waals surface area contributed by atoms with Crippen LogP contribution in [-0.2, 0) is 19.3 Å². The van der Waals surface area contributed by atoms with Crippen LogP contribution in [0.4, 0.5) is 11.4 Å². The molecule has 2 aromatic carbocycles. The number of anilines is 2. The molecule has 0 saturated heterocycles. The highest BCUT2D eigenvalue weighted by Crippen LogP contribution is 2.30. The Morgan fingerprint density at radius 2 is 0.721 bits per heavy atom. The Kier molecular flexibility index (Phi) is 23.2. The SMILES string of the molecule is CCCCCCCCCCc1ccccc1Nc1cccc(CCCCCCCCCC)c1CCCCCCCCCC. The second kappa shape index (κ2) is 26.6. The van der Waals surface area contributed by atoms with E-state index < -0.39 is 0 Å². The van der Waals surface area contributed by atoms with Crippen LogP contribution in [0.2, 0.25) is 0 Å². The molecule has 244 valence electrons. The van der Waals surface area contributed by atoms with E-state index in [0.717, 1.165) is 0 Å². The normalized spacial score (nSPS) is 11.3. The first-order valence-corrected chi connectivity index (χ1v) is 19.3. The topological polar surface area (TPSA) is 12.0 Å². The highest BCUT2D eigenvalue weighted by Gasteiger charge is 2.11. The molecule has 0 unspecified atom stereocenters. The van der Waals surface area contributed by atoms with E-state index in [1.807, 2.05) is 0 Å². The van der Waals surface area contributed by atoms with Gasteiger partial charge in [0.05, 0.1) is 0 Å². The number of aryl methyl sites for hydroxylation is 2. The summed E-state index contributed by atoms with van der Waals surface area (Å²) in [4.78, 5) is 0. The number of unbranched alkanes of at least 4 members (excludes halogenated alkanes) is 21. The lowest BCUT2D eigenvalue weighted by atomic mass is 9.94. The van der Waals surface area contributed by atoms with Gasteiger partial charge in [-0.1, -0.05) is 186 Å². The molecule has 0 aliphatic carbocycles. The van der Waals surface area contributed by atoms with Gasteiger partial charge in [0.2, 0.25) is 0 Å². The van der Waals surface area contributed by atoms with Crippen LogP contribution in [0.25, 0.3) is 0 Å². The van der Waals surface area contributed by atoms with Gasteiger partial charge in [0, 0.05) is 11.4 Å². The third kappa shape index (κ3) is 18.0. The number of benzene rings is 2. The van der Waals surface area contributed by atoms with Gasteiger partial charge in [-0.15, -0.1) is 0 Å². The van der Waals surface area contributed by atoms with Crippen LogP contribution in [0.1, 0.15) is 192 Å². The maximum Gasteiger partial charge on any atom is 0.0419 e. The summed E-state index contributed by atoms with van der Waals surface area (Å²) in [5.41, 5.74) is 7.37. The fourth-order valence-corrected chi connectivity index (χ4v) is 6.62. The average Bonchev–Trinajstić information content (AvgIpc) is 3.02. The summed E-state index contributed by atoms with van der Waals surface area (Å²) >= 11 is 0. The van der Waals surface area contributed by atoms with Crippen LogP contribution in [-0.4, -0.2) is 0 Å². The van der Waals surface area contributed by atoms with Gasteiger partial charge in [0.15, 0.2) is 0 Å². The lowest BCUT2D eigenvalue weighted by Gasteiger charge is -2.19. The van der Waals surface area contributed by atoms with Gasteiger partial charge in [-0.05, 0) is 67.3 Å². The maximum atomic E-state index is 3.96. The van der Waals surface area contributed by atoms with E-state index in [1.165, 1.54) is 190 Å². The first-order chi connectivity index (χ1) is 21.3. The van der Waals surface area contributed by atoms with Crippen LogP contribution < -0.4 is 5.32 Å². The highest BCUT2D eigenvalue weighted by molar-refractivity contribution is 5.67. The Balaban J connectivity index is 1.96. The highest BCUT2D eigenvalue weighted by atomic mass is 14.9. The van der Waals surface area contributed by atoms with Gasteiger partial charge in [-0.2, -0.15) is 0 Å². The van der Waals surface area contributed by atoms with Crippen LogP contribution in [0, 0.1) is 0 Å². The van der Waals surface area contributed by atoms with Gasteiger partial charge in [-0.25, -0.2) is 0 Å². The van der Waals surface area contributed by atoms with Crippen molar-refractivity contribution in [2.75, 3.05) is 5.32 Å². The molecule has 0 aliphatic rings. The zero-order valence-corrected chi connectivity index (χ0v) is 29.1. The second-order valence-corrected chi connectivity index (χ2v) is 13.4. The molecule has 0 spiro atoms. The summed E-state index contributed by atoms with van der Waals surface area (Å²) in [7, 11) is 0. The standard InChI is InChI=1S/C42H71N/c1-4-7-10-13-16-19-22-25-31-38-34-30-37-42(40(38)35-27-24-21-18-15-12-9-6-3)43-41-36-29-28-33-39(41)32-26-23-20-17-14-11-8-5-2/h28-30,33-34,36-37,43H,4-27,31-32,35H2,1-3H3. The fourth-order valence-electron chi connectivity index (χ4n) is 6.62. The van der Waals surface area contributed by atoms with Crippen molar-refractivity contribution in [2.45, 2.75) is 194 Å². The van der Waals surface area contributed by atoms with Gasteiger partial charge in [0.1, 0.15) is 0 Å². The van der Waals surface area contributed by atoms with Crippen molar-refractivity contribution in [1.29, 1.82) is 0 Å². The van der Waals surface area contributed by atoms with E-state index in [1.54, 1.807) is 11.1 Å².